The van der Waals surface area contributed by atoms with Crippen LogP contribution in [-0.2, 0) is 16.1 Å². The van der Waals surface area contributed by atoms with Gasteiger partial charge in [0.25, 0.3) is 11.8 Å². The summed E-state index contributed by atoms with van der Waals surface area (Å²) in [7, 11) is 0. The molecule has 0 aromatic heterocycles. The average molecular weight is 458 g/mol. The molecular weight excluding hydrogens is 430 g/mol. The summed E-state index contributed by atoms with van der Waals surface area (Å²) in [6, 6.07) is 21.7. The van der Waals surface area contributed by atoms with Crippen LogP contribution in [0, 0.1) is 12.8 Å². The van der Waals surface area contributed by atoms with Gasteiger partial charge in [-0.05, 0) is 49.6 Å². The molecule has 0 unspecified atom stereocenters. The first-order valence-electron chi connectivity index (χ1n) is 11.2. The first kappa shape index (κ1) is 23.0. The summed E-state index contributed by atoms with van der Waals surface area (Å²) in [5.74, 6) is -0.104. The van der Waals surface area contributed by atoms with E-state index in [2.05, 4.69) is 16.0 Å². The van der Waals surface area contributed by atoms with E-state index >= 15 is 0 Å². The topological polar surface area (TPSA) is 96.5 Å². The predicted octanol–water partition coefficient (Wildman–Crippen LogP) is 4.29. The van der Waals surface area contributed by atoms with Crippen LogP contribution in [0.1, 0.15) is 34.3 Å². The number of amides is 3. The Kier molecular flexibility index (Phi) is 7.22. The molecule has 3 aromatic rings. The summed E-state index contributed by atoms with van der Waals surface area (Å²) in [5, 5.41) is 8.48. The molecule has 174 valence electrons. The van der Waals surface area contributed by atoms with Crippen LogP contribution in [0.2, 0.25) is 0 Å². The highest BCUT2D eigenvalue weighted by molar-refractivity contribution is 6.04. The number of carbonyl (C=O) groups is 3. The van der Waals surface area contributed by atoms with Gasteiger partial charge in [-0.2, -0.15) is 0 Å². The molecule has 1 fully saturated rings. The Bertz CT molecular complexity index is 1190. The first-order valence-corrected chi connectivity index (χ1v) is 11.2. The first-order chi connectivity index (χ1) is 16.5. The van der Waals surface area contributed by atoms with Crippen molar-refractivity contribution in [2.75, 3.05) is 17.2 Å². The molecule has 7 nitrogen and oxygen atoms in total. The largest absolute Gasteiger partial charge is 0.484 e. The second-order valence-electron chi connectivity index (χ2n) is 8.34. The zero-order chi connectivity index (χ0) is 23.9. The lowest BCUT2D eigenvalue weighted by Crippen LogP contribution is -2.26. The van der Waals surface area contributed by atoms with Gasteiger partial charge in [-0.25, -0.2) is 0 Å². The van der Waals surface area contributed by atoms with Gasteiger partial charge in [0.2, 0.25) is 5.91 Å². The van der Waals surface area contributed by atoms with Gasteiger partial charge in [0.1, 0.15) is 5.75 Å². The molecule has 3 N–H and O–H groups in total. The van der Waals surface area contributed by atoms with E-state index in [9.17, 15) is 14.4 Å². The van der Waals surface area contributed by atoms with Gasteiger partial charge in [0.15, 0.2) is 6.61 Å². The van der Waals surface area contributed by atoms with Crippen molar-refractivity contribution in [1.82, 2.24) is 5.32 Å². The molecular formula is C27H27N3O4. The van der Waals surface area contributed by atoms with Crippen molar-refractivity contribution in [3.63, 3.8) is 0 Å². The number of rotatable bonds is 9. The highest BCUT2D eigenvalue weighted by atomic mass is 16.5. The van der Waals surface area contributed by atoms with Crippen molar-refractivity contribution in [2.24, 2.45) is 5.92 Å². The standard InChI is InChI=1S/C27H27N3O4/c1-18-9-11-19(12-10-18)16-28-27(33)23-7-2-3-8-24(23)30-25(31)17-34-22-6-4-5-21(15-22)29-26(32)20-13-14-20/h2-12,15,20H,13-14,16-17H2,1H3,(H,28,33)(H,29,32)(H,30,31). The molecule has 34 heavy (non-hydrogen) atoms. The second-order valence-corrected chi connectivity index (χ2v) is 8.34. The number of aryl methyl sites for hydroxylation is 1. The minimum absolute atomic E-state index is 0.00662. The molecule has 0 atom stereocenters. The van der Waals surface area contributed by atoms with Gasteiger partial charge >= 0.3 is 0 Å². The van der Waals surface area contributed by atoms with Gasteiger partial charge in [-0.3, -0.25) is 14.4 Å². The van der Waals surface area contributed by atoms with E-state index in [-0.39, 0.29) is 24.3 Å². The Hall–Kier alpha value is -4.13. The Morgan fingerprint density at radius 2 is 1.68 bits per heavy atom. The quantitative estimate of drug-likeness (QED) is 0.447. The van der Waals surface area contributed by atoms with Gasteiger partial charge in [0, 0.05) is 24.2 Å². The van der Waals surface area contributed by atoms with E-state index in [0.29, 0.717) is 29.2 Å². The van der Waals surface area contributed by atoms with Gasteiger partial charge in [-0.1, -0.05) is 48.0 Å². The maximum absolute atomic E-state index is 12.7. The second kappa shape index (κ2) is 10.7. The van der Waals surface area contributed by atoms with E-state index in [0.717, 1.165) is 24.0 Å². The molecule has 0 radical (unpaired) electrons. The molecule has 3 amide bonds. The van der Waals surface area contributed by atoms with Crippen LogP contribution in [0.25, 0.3) is 0 Å². The summed E-state index contributed by atoms with van der Waals surface area (Å²) < 4.78 is 5.59. The minimum Gasteiger partial charge on any atom is -0.484 e. The number of hydrogen-bond donors (Lipinski definition) is 3. The van der Waals surface area contributed by atoms with E-state index in [1.54, 1.807) is 48.5 Å². The third kappa shape index (κ3) is 6.45. The Morgan fingerprint density at radius 3 is 2.44 bits per heavy atom. The summed E-state index contributed by atoms with van der Waals surface area (Å²) in [4.78, 5) is 37.1. The maximum atomic E-state index is 12.7. The van der Waals surface area contributed by atoms with E-state index < -0.39 is 5.91 Å². The average Bonchev–Trinajstić information content (AvgIpc) is 3.69. The van der Waals surface area contributed by atoms with Crippen LogP contribution in [0.15, 0.2) is 72.8 Å². The molecule has 1 aliphatic rings. The smallest absolute Gasteiger partial charge is 0.262 e. The van der Waals surface area contributed by atoms with Crippen molar-refractivity contribution in [3.8, 4) is 5.75 Å². The lowest BCUT2D eigenvalue weighted by atomic mass is 10.1. The predicted molar refractivity (Wildman–Crippen MR) is 131 cm³/mol. The Morgan fingerprint density at radius 1 is 0.912 bits per heavy atom. The van der Waals surface area contributed by atoms with E-state index in [1.807, 2.05) is 31.2 Å². The summed E-state index contributed by atoms with van der Waals surface area (Å²) in [6.07, 6.45) is 1.85. The molecule has 1 aliphatic carbocycles. The highest BCUT2D eigenvalue weighted by Gasteiger charge is 2.29. The number of benzene rings is 3. The number of ether oxygens (including phenoxy) is 1. The molecule has 0 saturated heterocycles. The molecule has 0 spiro atoms. The van der Waals surface area contributed by atoms with Crippen LogP contribution >= 0.6 is 0 Å². The van der Waals surface area contributed by atoms with Crippen LogP contribution in [-0.4, -0.2) is 24.3 Å². The Labute approximate surface area is 198 Å². The molecule has 7 heteroatoms. The SMILES string of the molecule is Cc1ccc(CNC(=O)c2ccccc2NC(=O)COc2cccc(NC(=O)C3CC3)c2)cc1. The number of para-hydroxylation sites is 1. The van der Waals surface area contributed by atoms with Crippen molar-refractivity contribution >= 4 is 29.1 Å². The van der Waals surface area contributed by atoms with E-state index in [4.69, 9.17) is 4.74 Å². The van der Waals surface area contributed by atoms with Crippen LogP contribution in [0.3, 0.4) is 0 Å². The maximum Gasteiger partial charge on any atom is 0.262 e. The van der Waals surface area contributed by atoms with Crippen LogP contribution in [0.4, 0.5) is 11.4 Å². The van der Waals surface area contributed by atoms with Crippen molar-refractivity contribution in [2.45, 2.75) is 26.3 Å². The third-order valence-electron chi connectivity index (χ3n) is 5.44. The fraction of sp³-hybridized carbons (Fsp3) is 0.222. The van der Waals surface area contributed by atoms with Crippen LogP contribution in [0.5, 0.6) is 5.75 Å². The third-order valence-corrected chi connectivity index (χ3v) is 5.44. The number of nitrogens with one attached hydrogen (secondary N) is 3. The summed E-state index contributed by atoms with van der Waals surface area (Å²) >= 11 is 0. The fourth-order valence-corrected chi connectivity index (χ4v) is 3.36. The van der Waals surface area contributed by atoms with Crippen molar-refractivity contribution in [3.05, 3.63) is 89.5 Å². The zero-order valence-corrected chi connectivity index (χ0v) is 19.0. The lowest BCUT2D eigenvalue weighted by Gasteiger charge is -2.13. The van der Waals surface area contributed by atoms with Gasteiger partial charge in [0.05, 0.1) is 11.3 Å². The molecule has 0 aliphatic heterocycles. The molecule has 3 aromatic carbocycles. The number of anilines is 2. The normalized spacial score (nSPS) is 12.5. The van der Waals surface area contributed by atoms with E-state index in [1.165, 1.54) is 0 Å². The zero-order valence-electron chi connectivity index (χ0n) is 19.0. The molecule has 4 rings (SSSR count). The molecule has 1 saturated carbocycles. The molecule has 0 heterocycles. The number of carbonyl (C=O) groups excluding carboxylic acids is 3. The van der Waals surface area contributed by atoms with Crippen LogP contribution < -0.4 is 20.7 Å². The van der Waals surface area contributed by atoms with Crippen molar-refractivity contribution < 1.29 is 19.1 Å². The van der Waals surface area contributed by atoms with Gasteiger partial charge in [-0.15, -0.1) is 0 Å². The minimum atomic E-state index is -0.397. The number of hydrogen-bond acceptors (Lipinski definition) is 4. The summed E-state index contributed by atoms with van der Waals surface area (Å²) in [6.45, 7) is 2.16. The highest BCUT2D eigenvalue weighted by Crippen LogP contribution is 2.30. The monoisotopic (exact) mass is 457 g/mol. The van der Waals surface area contributed by atoms with Crippen molar-refractivity contribution in [1.29, 1.82) is 0 Å². The lowest BCUT2D eigenvalue weighted by molar-refractivity contribution is -0.118. The summed E-state index contributed by atoms with van der Waals surface area (Å²) in [5.41, 5.74) is 3.55. The Balaban J connectivity index is 1.31. The molecule has 0 bridgehead atoms. The van der Waals surface area contributed by atoms with Gasteiger partial charge < -0.3 is 20.7 Å². The fourth-order valence-electron chi connectivity index (χ4n) is 3.36.